The van der Waals surface area contributed by atoms with Crippen molar-refractivity contribution in [2.45, 2.75) is 130 Å². The topological polar surface area (TPSA) is 146 Å². The number of ether oxygens (including phenoxy) is 3. The van der Waals surface area contributed by atoms with E-state index in [0.29, 0.717) is 31.4 Å². The van der Waals surface area contributed by atoms with Gasteiger partial charge in [-0.2, -0.15) is 0 Å². The fourth-order valence-corrected chi connectivity index (χ4v) is 9.49. The Morgan fingerprint density at radius 3 is 2.37 bits per heavy atom. The molecular weight excluding hydrogens is 783 g/mol. The van der Waals surface area contributed by atoms with Gasteiger partial charge in [0.1, 0.15) is 37.1 Å². The smallest absolute Gasteiger partial charge is 0.329 e. The number of rotatable bonds is 9. The van der Waals surface area contributed by atoms with Crippen molar-refractivity contribution in [3.63, 3.8) is 0 Å². The zero-order chi connectivity index (χ0) is 43.7. The van der Waals surface area contributed by atoms with Gasteiger partial charge in [0, 0.05) is 31.3 Å². The lowest BCUT2D eigenvalue weighted by molar-refractivity contribution is -0.159. The molecule has 0 aliphatic carbocycles. The van der Waals surface area contributed by atoms with Crippen molar-refractivity contribution in [2.24, 2.45) is 11.8 Å². The summed E-state index contributed by atoms with van der Waals surface area (Å²) in [6.07, 6.45) is 8.76. The molecule has 2 aliphatic heterocycles. The number of Topliss-reactive ketones (excluding diaryl/α,β-unsaturated/α-hetero) is 1. The maximum absolute atomic E-state index is 14.4. The Bertz CT molecular complexity index is 1870. The quantitative estimate of drug-likeness (QED) is 0.201. The standard InChI is InChI=1S/C45H67N3O9Si2/c1-30-15-13-23-46-38(50)22-17-31(2)41(32(3)28-54-29-33-18-20-35(53-7)21-19-33)56-43(52)37-16-14-24-48(37)42(51)40-44(58(8,9)10)55-39(47-40)27-34(49)26-36(25-30)57-59(11,12)45(4,5)6/h13,15,17-22,25,31-32,36-37,41H,14,16,23-24,26-29H2,1-12H3,(H,46,50)/b15-13+,22-17+,30-25+/t31-,32+,36?,37-,41+/m1/s1. The second-order valence-corrected chi connectivity index (χ2v) is 28.3. The predicted molar refractivity (Wildman–Crippen MR) is 235 cm³/mol. The molecule has 14 heteroatoms. The van der Waals surface area contributed by atoms with Crippen LogP contribution in [-0.4, -0.2) is 94.9 Å². The van der Waals surface area contributed by atoms with Gasteiger partial charge in [-0.1, -0.05) is 96.3 Å². The molecule has 2 aromatic rings. The predicted octanol–water partition coefficient (Wildman–Crippen LogP) is 7.31. The molecule has 5 atom stereocenters. The van der Waals surface area contributed by atoms with E-state index in [4.69, 9.17) is 23.1 Å². The van der Waals surface area contributed by atoms with Crippen LogP contribution in [0.2, 0.25) is 37.8 Å². The van der Waals surface area contributed by atoms with Crippen LogP contribution < -0.4 is 15.4 Å². The first-order chi connectivity index (χ1) is 27.6. The first-order valence-electron chi connectivity index (χ1n) is 20.8. The van der Waals surface area contributed by atoms with Gasteiger partial charge >= 0.3 is 5.97 Å². The summed E-state index contributed by atoms with van der Waals surface area (Å²) in [5, 5.41) is 3.30. The van der Waals surface area contributed by atoms with Crippen molar-refractivity contribution in [1.29, 1.82) is 0 Å². The summed E-state index contributed by atoms with van der Waals surface area (Å²) in [5.41, 5.74) is 2.01. The van der Waals surface area contributed by atoms with Crippen LogP contribution in [0.25, 0.3) is 0 Å². The Morgan fingerprint density at radius 2 is 1.73 bits per heavy atom. The van der Waals surface area contributed by atoms with E-state index in [9.17, 15) is 19.2 Å². The molecule has 1 fully saturated rings. The second-order valence-electron chi connectivity index (χ2n) is 18.5. The van der Waals surface area contributed by atoms with Crippen molar-refractivity contribution in [3.05, 3.63) is 77.4 Å². The van der Waals surface area contributed by atoms with Crippen LogP contribution in [0.5, 0.6) is 5.75 Å². The van der Waals surface area contributed by atoms with Gasteiger partial charge in [0.25, 0.3) is 5.91 Å². The van der Waals surface area contributed by atoms with Crippen molar-refractivity contribution in [3.8, 4) is 5.75 Å². The van der Waals surface area contributed by atoms with Crippen LogP contribution in [0.15, 0.2) is 64.6 Å². The third-order valence-electron chi connectivity index (χ3n) is 11.3. The zero-order valence-corrected chi connectivity index (χ0v) is 39.3. The molecule has 0 radical (unpaired) electrons. The first-order valence-corrected chi connectivity index (χ1v) is 27.2. The first kappa shape index (κ1) is 47.6. The highest BCUT2D eigenvalue weighted by molar-refractivity contribution is 6.88. The lowest BCUT2D eigenvalue weighted by atomic mass is 9.93. The summed E-state index contributed by atoms with van der Waals surface area (Å²) < 4.78 is 30.7. The van der Waals surface area contributed by atoms with E-state index in [0.717, 1.165) is 16.9 Å². The number of nitrogens with one attached hydrogen (secondary N) is 1. The summed E-state index contributed by atoms with van der Waals surface area (Å²) in [6, 6.07) is 6.76. The minimum atomic E-state index is -2.30. The molecule has 0 saturated carbocycles. The number of nitrogens with zero attached hydrogens (tertiary/aromatic N) is 2. The van der Waals surface area contributed by atoms with Crippen LogP contribution >= 0.6 is 0 Å². The van der Waals surface area contributed by atoms with Gasteiger partial charge in [-0.05, 0) is 61.7 Å². The van der Waals surface area contributed by atoms with Crippen molar-refractivity contribution < 1.29 is 42.2 Å². The molecule has 324 valence electrons. The van der Waals surface area contributed by atoms with Crippen molar-refractivity contribution in [2.75, 3.05) is 26.8 Å². The molecule has 1 aromatic carbocycles. The molecule has 0 spiro atoms. The number of methoxy groups -OCH3 is 1. The average Bonchev–Trinajstić information content (AvgIpc) is 3.82. The Morgan fingerprint density at radius 1 is 1.03 bits per heavy atom. The van der Waals surface area contributed by atoms with Crippen LogP contribution in [0, 0.1) is 11.8 Å². The fraction of sp³-hybridized carbons (Fsp3) is 0.578. The van der Waals surface area contributed by atoms with Gasteiger partial charge in [0.15, 0.2) is 14.0 Å². The monoisotopic (exact) mass is 849 g/mol. The second kappa shape index (κ2) is 20.4. The van der Waals surface area contributed by atoms with E-state index in [1.165, 1.54) is 11.0 Å². The van der Waals surface area contributed by atoms with Crippen molar-refractivity contribution in [1.82, 2.24) is 15.2 Å². The number of esters is 1. The number of allylic oxidation sites excluding steroid dienone is 2. The van der Waals surface area contributed by atoms with Crippen molar-refractivity contribution >= 4 is 45.3 Å². The van der Waals surface area contributed by atoms with Crippen LogP contribution in [0.4, 0.5) is 0 Å². The number of ketones is 1. The molecule has 12 nitrogen and oxygen atoms in total. The van der Waals surface area contributed by atoms with E-state index >= 15 is 0 Å². The zero-order valence-electron chi connectivity index (χ0n) is 37.3. The number of amides is 2. The number of hydrogen-bond acceptors (Lipinski definition) is 10. The molecule has 2 aliphatic rings. The number of benzene rings is 1. The number of carbonyl (C=O) groups is 4. The molecule has 1 unspecified atom stereocenters. The maximum atomic E-state index is 14.4. The minimum Gasteiger partial charge on any atom is -0.497 e. The fourth-order valence-electron chi connectivity index (χ4n) is 6.93. The van der Waals surface area contributed by atoms with Crippen LogP contribution in [-0.2, 0) is 41.3 Å². The molecule has 1 N–H and O–H groups in total. The summed E-state index contributed by atoms with van der Waals surface area (Å²) in [4.78, 5) is 61.5. The van der Waals surface area contributed by atoms with Gasteiger partial charge in [0.05, 0.1) is 32.8 Å². The highest BCUT2D eigenvalue weighted by atomic mass is 28.4. The number of cyclic esters (lactones) is 1. The molecule has 3 heterocycles. The molecule has 2 bridgehead atoms. The normalized spacial score (nSPS) is 24.7. The van der Waals surface area contributed by atoms with E-state index in [1.807, 2.05) is 63.3 Å². The summed E-state index contributed by atoms with van der Waals surface area (Å²) >= 11 is 0. The summed E-state index contributed by atoms with van der Waals surface area (Å²) in [7, 11) is -2.97. The molecule has 2 amide bonds. The average molecular weight is 850 g/mol. The maximum Gasteiger partial charge on any atom is 0.329 e. The lowest BCUT2D eigenvalue weighted by Crippen LogP contribution is -2.48. The Kier molecular flexibility index (Phi) is 16.5. The number of aromatic nitrogens is 1. The lowest BCUT2D eigenvalue weighted by Gasteiger charge is -2.38. The molecule has 4 rings (SSSR count). The van der Waals surface area contributed by atoms with Gasteiger partial charge in [0.2, 0.25) is 11.8 Å². The summed E-state index contributed by atoms with van der Waals surface area (Å²) in [5.74, 6) is -1.07. The largest absolute Gasteiger partial charge is 0.497 e. The number of hydrogen-bond donors (Lipinski definition) is 1. The van der Waals surface area contributed by atoms with E-state index < -0.39 is 46.5 Å². The number of fused-ring (bicyclic) bond motifs is 3. The van der Waals surface area contributed by atoms with E-state index in [2.05, 4.69) is 63.8 Å². The minimum absolute atomic E-state index is 0.0871. The van der Waals surface area contributed by atoms with E-state index in [-0.39, 0.29) is 66.1 Å². The van der Waals surface area contributed by atoms with Gasteiger partial charge in [-0.3, -0.25) is 14.4 Å². The van der Waals surface area contributed by atoms with Crippen LogP contribution in [0.1, 0.15) is 82.7 Å². The molecule has 1 aromatic heterocycles. The highest BCUT2D eigenvalue weighted by Gasteiger charge is 2.42. The Labute approximate surface area is 353 Å². The van der Waals surface area contributed by atoms with Gasteiger partial charge in [-0.25, -0.2) is 9.78 Å². The molecular formula is C45H67N3O9Si2. The number of oxazole rings is 1. The molecule has 1 saturated heterocycles. The van der Waals surface area contributed by atoms with Gasteiger partial charge < -0.3 is 33.3 Å². The van der Waals surface area contributed by atoms with Crippen LogP contribution in [0.3, 0.4) is 0 Å². The number of carbonyl (C=O) groups excluding carboxylic acids is 4. The Hall–Kier alpha value is -4.12. The third-order valence-corrected chi connectivity index (χ3v) is 17.5. The van der Waals surface area contributed by atoms with E-state index in [1.54, 1.807) is 13.2 Å². The highest BCUT2D eigenvalue weighted by Crippen LogP contribution is 2.38. The van der Waals surface area contributed by atoms with Gasteiger partial charge in [-0.15, -0.1) is 0 Å². The third kappa shape index (κ3) is 13.4. The SMILES string of the molecule is COc1ccc(COC[C@H](C)[C@H]2OC(=O)[C@H]3CCCN3C(=O)c3nc(oc3[Si](C)(C)C)CC(=O)CC(O[Si](C)(C)C(C)(C)C)/C=C(C)/C=C/CNC(=O)/C=C/[C@H]2C)cc1. The summed E-state index contributed by atoms with van der Waals surface area (Å²) in [6.45, 7) is 24.0. The Balaban J connectivity index is 1.68. The molecule has 59 heavy (non-hydrogen) atoms.